The Labute approximate surface area is 130 Å². The summed E-state index contributed by atoms with van der Waals surface area (Å²) >= 11 is 0.858. The molecule has 0 unspecified atom stereocenters. The van der Waals surface area contributed by atoms with Crippen LogP contribution in [0.15, 0.2) is 29.2 Å². The molecule has 0 aliphatic carbocycles. The van der Waals surface area contributed by atoms with Crippen molar-refractivity contribution in [3.63, 3.8) is 0 Å². The third-order valence-corrected chi connectivity index (χ3v) is 4.42. The maximum atomic E-state index is 11.0. The summed E-state index contributed by atoms with van der Waals surface area (Å²) in [5.74, 6) is 4.69. The molecule has 0 atom stereocenters. The molecule has 0 aliphatic heterocycles. The Hall–Kier alpha value is -0.290. The minimum absolute atomic E-state index is 0.0323. The van der Waals surface area contributed by atoms with Gasteiger partial charge >= 0.3 is 15.2 Å². The van der Waals surface area contributed by atoms with Crippen LogP contribution in [0.4, 0.5) is 0 Å². The summed E-state index contributed by atoms with van der Waals surface area (Å²) in [5.41, 5.74) is 0.611. The molecule has 10 nitrogen and oxygen atoms in total. The maximum absolute atomic E-state index is 11.0. The van der Waals surface area contributed by atoms with E-state index in [0.717, 1.165) is 16.9 Å². The van der Waals surface area contributed by atoms with E-state index >= 15 is 0 Å². The van der Waals surface area contributed by atoms with Crippen molar-refractivity contribution in [1.82, 2.24) is 4.90 Å². The highest BCUT2D eigenvalue weighted by Crippen LogP contribution is 2.41. The number of rotatable bonds is 9. The van der Waals surface area contributed by atoms with E-state index in [2.05, 4.69) is 9.32 Å². The third-order valence-electron chi connectivity index (χ3n) is 2.27. The van der Waals surface area contributed by atoms with Gasteiger partial charge < -0.3 is 19.6 Å². The van der Waals surface area contributed by atoms with E-state index in [1.54, 1.807) is 24.3 Å². The molecular weight excluding hydrogens is 358 g/mol. The summed E-state index contributed by atoms with van der Waals surface area (Å²) in [6, 6.07) is 6.50. The quantitative estimate of drug-likeness (QED) is 0.178. The standard InChI is InChI=1S/C9H16N2O8P2S/c10-18-19-22-9-3-1-8(2-4-9)5-11(6-20(12,13)14)7-21(15,16)17/h1-4H,5-7,10H2,(H2,12,13,14)(H2,15,16,17). The van der Waals surface area contributed by atoms with Crippen molar-refractivity contribution in [2.75, 3.05) is 12.6 Å². The van der Waals surface area contributed by atoms with E-state index < -0.39 is 27.8 Å². The van der Waals surface area contributed by atoms with Crippen molar-refractivity contribution < 1.29 is 38.0 Å². The topological polar surface area (TPSA) is 163 Å². The highest BCUT2D eigenvalue weighted by molar-refractivity contribution is 7.94. The van der Waals surface area contributed by atoms with Gasteiger partial charge in [0.15, 0.2) is 0 Å². The molecule has 0 bridgehead atoms. The Morgan fingerprint density at radius 1 is 1.05 bits per heavy atom. The van der Waals surface area contributed by atoms with Crippen molar-refractivity contribution in [3.05, 3.63) is 29.8 Å². The van der Waals surface area contributed by atoms with E-state index in [1.807, 2.05) is 0 Å². The van der Waals surface area contributed by atoms with Crippen LogP contribution in [-0.4, -0.2) is 37.0 Å². The van der Waals surface area contributed by atoms with Crippen molar-refractivity contribution in [2.45, 2.75) is 11.4 Å². The van der Waals surface area contributed by atoms with Gasteiger partial charge in [0.2, 0.25) is 0 Å². The van der Waals surface area contributed by atoms with Crippen LogP contribution in [0.25, 0.3) is 0 Å². The monoisotopic (exact) mass is 374 g/mol. The summed E-state index contributed by atoms with van der Waals surface area (Å²) < 4.78 is 26.5. The molecule has 0 spiro atoms. The van der Waals surface area contributed by atoms with Crippen LogP contribution in [0.5, 0.6) is 0 Å². The molecule has 1 aromatic carbocycles. The molecule has 126 valence electrons. The molecule has 13 heteroatoms. The smallest absolute Gasteiger partial charge is 0.324 e. The summed E-state index contributed by atoms with van der Waals surface area (Å²) in [5, 5.41) is 0. The molecular formula is C9H16N2O8P2S. The summed E-state index contributed by atoms with van der Waals surface area (Å²) in [6.07, 6.45) is -1.50. The first-order valence-corrected chi connectivity index (χ1v) is 10.0. The Morgan fingerprint density at radius 2 is 1.55 bits per heavy atom. The van der Waals surface area contributed by atoms with Crippen molar-refractivity contribution in [3.8, 4) is 0 Å². The van der Waals surface area contributed by atoms with Gasteiger partial charge in [-0.1, -0.05) is 12.1 Å². The van der Waals surface area contributed by atoms with Crippen LogP contribution < -0.4 is 5.90 Å². The molecule has 0 radical (unpaired) electrons. The Kier molecular flexibility index (Phi) is 7.66. The first kappa shape index (κ1) is 19.8. The predicted molar refractivity (Wildman–Crippen MR) is 78.0 cm³/mol. The average Bonchev–Trinajstić information content (AvgIpc) is 2.34. The van der Waals surface area contributed by atoms with Crippen molar-refractivity contribution >= 4 is 27.2 Å². The normalized spacial score (nSPS) is 12.8. The SMILES string of the molecule is NOOSc1ccc(CN(CP(=O)(O)O)CP(=O)(O)O)cc1. The second-order valence-electron chi connectivity index (χ2n) is 4.33. The van der Waals surface area contributed by atoms with E-state index in [9.17, 15) is 9.13 Å². The molecule has 0 aliphatic rings. The molecule has 0 fully saturated rings. The van der Waals surface area contributed by atoms with Crippen LogP contribution >= 0.6 is 27.2 Å². The molecule has 6 N–H and O–H groups in total. The molecule has 0 saturated carbocycles. The molecule has 0 amide bonds. The van der Waals surface area contributed by atoms with Gasteiger partial charge in [-0.3, -0.25) is 14.0 Å². The molecule has 0 aromatic heterocycles. The molecule has 1 aromatic rings. The number of nitrogens with two attached hydrogens (primary N) is 1. The second kappa shape index (κ2) is 8.53. The van der Waals surface area contributed by atoms with E-state index in [0.29, 0.717) is 10.5 Å². The van der Waals surface area contributed by atoms with Crippen molar-refractivity contribution in [1.29, 1.82) is 0 Å². The number of hydrogen-bond donors (Lipinski definition) is 5. The largest absolute Gasteiger partial charge is 0.339 e. The summed E-state index contributed by atoms with van der Waals surface area (Å²) in [7, 11) is -8.88. The molecule has 0 saturated heterocycles. The minimum Gasteiger partial charge on any atom is -0.324 e. The third kappa shape index (κ3) is 8.99. The van der Waals surface area contributed by atoms with Crippen molar-refractivity contribution in [2.24, 2.45) is 5.90 Å². The Balaban J connectivity index is 2.76. The minimum atomic E-state index is -4.44. The lowest BCUT2D eigenvalue weighted by molar-refractivity contribution is -0.195. The van der Waals surface area contributed by atoms with Crippen LogP contribution in [0.3, 0.4) is 0 Å². The van der Waals surface area contributed by atoms with Gasteiger partial charge in [-0.05, 0) is 17.7 Å². The zero-order valence-electron chi connectivity index (χ0n) is 11.2. The summed E-state index contributed by atoms with van der Waals surface area (Å²) in [4.78, 5) is 41.5. The van der Waals surface area contributed by atoms with Gasteiger partial charge in [-0.2, -0.15) is 5.90 Å². The van der Waals surface area contributed by atoms with Crippen LogP contribution in [0.2, 0.25) is 0 Å². The fourth-order valence-electron chi connectivity index (χ4n) is 1.63. The maximum Gasteiger partial charge on any atom is 0.339 e. The highest BCUT2D eigenvalue weighted by Gasteiger charge is 2.25. The van der Waals surface area contributed by atoms with E-state index in [1.165, 1.54) is 0 Å². The predicted octanol–water partition coefficient (Wildman–Crippen LogP) is 0.588. The van der Waals surface area contributed by atoms with Gasteiger partial charge in [-0.25, -0.2) is 0 Å². The number of nitrogens with zero attached hydrogens (tertiary/aromatic N) is 1. The fourth-order valence-corrected chi connectivity index (χ4v) is 3.60. The molecule has 22 heavy (non-hydrogen) atoms. The van der Waals surface area contributed by atoms with E-state index in [-0.39, 0.29) is 6.54 Å². The Morgan fingerprint density at radius 3 is 1.95 bits per heavy atom. The Bertz CT molecular complexity index is 535. The van der Waals surface area contributed by atoms with Gasteiger partial charge in [0.05, 0.1) is 12.0 Å². The lowest BCUT2D eigenvalue weighted by atomic mass is 10.2. The van der Waals surface area contributed by atoms with Gasteiger partial charge in [0.1, 0.15) is 12.6 Å². The molecule has 1 rings (SSSR count). The van der Waals surface area contributed by atoms with Gasteiger partial charge in [-0.15, -0.1) is 9.32 Å². The lowest BCUT2D eigenvalue weighted by Crippen LogP contribution is -2.25. The number of hydrogen-bond acceptors (Lipinski definition) is 7. The first-order chi connectivity index (χ1) is 10.1. The van der Waals surface area contributed by atoms with Crippen LogP contribution in [0.1, 0.15) is 5.56 Å². The zero-order valence-corrected chi connectivity index (χ0v) is 13.8. The average molecular weight is 374 g/mol. The van der Waals surface area contributed by atoms with E-state index in [4.69, 9.17) is 25.5 Å². The molecule has 0 heterocycles. The van der Waals surface area contributed by atoms with Crippen LogP contribution in [0, 0.1) is 0 Å². The highest BCUT2D eigenvalue weighted by atomic mass is 32.2. The second-order valence-corrected chi connectivity index (χ2v) is 8.33. The fraction of sp³-hybridized carbons (Fsp3) is 0.333. The van der Waals surface area contributed by atoms with Gasteiger partial charge in [0.25, 0.3) is 0 Å². The number of benzene rings is 1. The first-order valence-electron chi connectivity index (χ1n) is 5.69. The zero-order chi connectivity index (χ0) is 16.8. The lowest BCUT2D eigenvalue weighted by Gasteiger charge is -2.23. The van der Waals surface area contributed by atoms with Crippen LogP contribution in [-0.2, 0) is 25.0 Å². The van der Waals surface area contributed by atoms with Gasteiger partial charge in [0, 0.05) is 11.4 Å². The summed E-state index contributed by atoms with van der Waals surface area (Å²) in [6.45, 7) is -0.0323.